The Morgan fingerprint density at radius 3 is 2.87 bits per heavy atom. The van der Waals surface area contributed by atoms with Crippen molar-refractivity contribution < 1.29 is 20.1 Å². The maximum atomic E-state index is 10.3. The van der Waals surface area contributed by atoms with Gasteiger partial charge in [-0.2, -0.15) is 0 Å². The average Bonchev–Trinajstić information content (AvgIpc) is 3.45. The molecule has 4 N–H and O–H groups in total. The minimum atomic E-state index is -1.21. The van der Waals surface area contributed by atoms with E-state index in [0.717, 1.165) is 11.8 Å². The lowest BCUT2D eigenvalue weighted by Crippen LogP contribution is -2.33. The number of halogens is 1. The van der Waals surface area contributed by atoms with Crippen molar-refractivity contribution in [2.24, 2.45) is 0 Å². The summed E-state index contributed by atoms with van der Waals surface area (Å²) in [7, 11) is 0. The lowest BCUT2D eigenvalue weighted by atomic mass is 10.1. The Kier molecular flexibility index (Phi) is 5.51. The summed E-state index contributed by atoms with van der Waals surface area (Å²) >= 11 is 7.83. The number of hydrogen-bond donors (Lipinski definition) is 4. The Hall–Kier alpha value is -2.34. The number of aliphatic hydroxyl groups excluding tert-OH is 3. The van der Waals surface area contributed by atoms with Crippen molar-refractivity contribution in [1.82, 2.24) is 19.5 Å². The van der Waals surface area contributed by atoms with Crippen molar-refractivity contribution >= 4 is 50.0 Å². The van der Waals surface area contributed by atoms with Crippen molar-refractivity contribution in [3.8, 4) is 0 Å². The molecule has 9 nitrogen and oxygen atoms in total. The fourth-order valence-electron chi connectivity index (χ4n) is 3.84. The van der Waals surface area contributed by atoms with Gasteiger partial charge < -0.3 is 25.4 Å². The first kappa shape index (κ1) is 20.6. The molecule has 1 saturated heterocycles. The number of nitrogens with one attached hydrogen (secondary N) is 1. The van der Waals surface area contributed by atoms with Gasteiger partial charge in [0.25, 0.3) is 0 Å². The molecule has 1 aromatic carbocycles. The van der Waals surface area contributed by atoms with Gasteiger partial charge in [0.2, 0.25) is 0 Å². The van der Waals surface area contributed by atoms with E-state index in [4.69, 9.17) is 16.3 Å². The third kappa shape index (κ3) is 3.65. The van der Waals surface area contributed by atoms with Crippen LogP contribution in [0.2, 0.25) is 5.02 Å². The minimum Gasteiger partial charge on any atom is -0.394 e. The van der Waals surface area contributed by atoms with Crippen LogP contribution in [-0.2, 0) is 11.2 Å². The van der Waals surface area contributed by atoms with E-state index in [9.17, 15) is 15.3 Å². The lowest BCUT2D eigenvalue weighted by Gasteiger charge is -2.16. The summed E-state index contributed by atoms with van der Waals surface area (Å²) in [6, 6.07) is 5.90. The average molecular weight is 462 g/mol. The Labute approximate surface area is 185 Å². The normalized spacial score (nSPS) is 23.7. The quantitative estimate of drug-likeness (QED) is 0.343. The first-order chi connectivity index (χ1) is 15.1. The SMILES string of the molecule is OC[C@H]1O[C@@H](n2cnc3c(NCCc4csc5ccc(Cl)cc45)ncnc32)C(O)C1O. The number of fused-ring (bicyclic) bond motifs is 2. The largest absolute Gasteiger partial charge is 0.394 e. The van der Waals surface area contributed by atoms with Crippen molar-refractivity contribution in [3.05, 3.63) is 46.8 Å². The van der Waals surface area contributed by atoms with E-state index >= 15 is 0 Å². The molecule has 4 heterocycles. The molecule has 3 aromatic heterocycles. The second kappa shape index (κ2) is 8.30. The van der Waals surface area contributed by atoms with Gasteiger partial charge in [-0.25, -0.2) is 15.0 Å². The first-order valence-electron chi connectivity index (χ1n) is 9.76. The molecule has 1 aliphatic heterocycles. The number of anilines is 1. The highest BCUT2D eigenvalue weighted by atomic mass is 35.5. The summed E-state index contributed by atoms with van der Waals surface area (Å²) in [5, 5.41) is 37.0. The van der Waals surface area contributed by atoms with Gasteiger partial charge >= 0.3 is 0 Å². The molecule has 31 heavy (non-hydrogen) atoms. The van der Waals surface area contributed by atoms with E-state index in [0.29, 0.717) is 28.5 Å². The number of thiophene rings is 1. The van der Waals surface area contributed by atoms with Gasteiger partial charge in [-0.1, -0.05) is 11.6 Å². The van der Waals surface area contributed by atoms with Gasteiger partial charge in [-0.05, 0) is 40.9 Å². The fraction of sp³-hybridized carbons (Fsp3) is 0.350. The molecular formula is C20H20ClN5O4S. The molecule has 11 heteroatoms. The second-order valence-electron chi connectivity index (χ2n) is 7.35. The number of aromatic nitrogens is 4. The number of rotatable bonds is 6. The Morgan fingerprint density at radius 1 is 1.19 bits per heavy atom. The number of benzene rings is 1. The van der Waals surface area contributed by atoms with Crippen molar-refractivity contribution in [2.45, 2.75) is 31.0 Å². The molecular weight excluding hydrogens is 442 g/mol. The molecule has 0 aliphatic carbocycles. The van der Waals surface area contributed by atoms with E-state index in [1.807, 2.05) is 18.2 Å². The van der Waals surface area contributed by atoms with Crippen LogP contribution in [0.5, 0.6) is 0 Å². The number of nitrogens with zero attached hydrogens (tertiary/aromatic N) is 4. The molecule has 162 valence electrons. The number of hydrogen-bond acceptors (Lipinski definition) is 9. The van der Waals surface area contributed by atoms with E-state index in [1.165, 1.54) is 22.9 Å². The number of ether oxygens (including phenoxy) is 1. The van der Waals surface area contributed by atoms with Crippen molar-refractivity contribution in [2.75, 3.05) is 18.5 Å². The molecule has 4 atom stereocenters. The van der Waals surface area contributed by atoms with Gasteiger partial charge in [0, 0.05) is 16.3 Å². The van der Waals surface area contributed by atoms with Crippen LogP contribution < -0.4 is 5.32 Å². The molecule has 0 bridgehead atoms. The van der Waals surface area contributed by atoms with E-state index in [2.05, 4.69) is 25.6 Å². The van der Waals surface area contributed by atoms with Gasteiger partial charge in [0.1, 0.15) is 24.6 Å². The molecule has 0 spiro atoms. The Morgan fingerprint density at radius 2 is 2.06 bits per heavy atom. The molecule has 2 unspecified atom stereocenters. The summed E-state index contributed by atoms with van der Waals surface area (Å²) in [5.74, 6) is 0.563. The Bertz CT molecular complexity index is 1230. The third-order valence-corrected chi connectivity index (χ3v) is 6.70. The molecule has 1 aliphatic rings. The molecule has 0 saturated carbocycles. The maximum absolute atomic E-state index is 10.3. The van der Waals surface area contributed by atoms with Gasteiger partial charge in [-0.15, -0.1) is 11.3 Å². The molecule has 1 fully saturated rings. The number of aliphatic hydroxyl groups is 3. The summed E-state index contributed by atoms with van der Waals surface area (Å²) in [6.45, 7) is 0.233. The van der Waals surface area contributed by atoms with Gasteiger partial charge in [-0.3, -0.25) is 4.57 Å². The monoisotopic (exact) mass is 461 g/mol. The predicted octanol–water partition coefficient (Wildman–Crippen LogP) is 1.96. The van der Waals surface area contributed by atoms with Crippen LogP contribution in [0, 0.1) is 0 Å². The van der Waals surface area contributed by atoms with Gasteiger partial charge in [0.15, 0.2) is 23.2 Å². The molecule has 5 rings (SSSR count). The third-order valence-electron chi connectivity index (χ3n) is 5.45. The van der Waals surface area contributed by atoms with Crippen molar-refractivity contribution in [3.63, 3.8) is 0 Å². The highest BCUT2D eigenvalue weighted by molar-refractivity contribution is 7.17. The molecule has 4 aromatic rings. The van der Waals surface area contributed by atoms with Crippen LogP contribution in [-0.4, -0.2) is 66.3 Å². The van der Waals surface area contributed by atoms with Crippen LogP contribution >= 0.6 is 22.9 Å². The maximum Gasteiger partial charge on any atom is 0.167 e. The smallest absolute Gasteiger partial charge is 0.167 e. The van der Waals surface area contributed by atoms with Gasteiger partial charge in [0.05, 0.1) is 12.9 Å². The zero-order valence-corrected chi connectivity index (χ0v) is 17.8. The van der Waals surface area contributed by atoms with Crippen LogP contribution in [0.1, 0.15) is 11.8 Å². The zero-order chi connectivity index (χ0) is 21.5. The summed E-state index contributed by atoms with van der Waals surface area (Å²) in [4.78, 5) is 12.9. The lowest BCUT2D eigenvalue weighted by molar-refractivity contribution is -0.0511. The first-order valence-corrected chi connectivity index (χ1v) is 11.0. The van der Waals surface area contributed by atoms with Crippen LogP contribution in [0.25, 0.3) is 21.3 Å². The van der Waals surface area contributed by atoms with E-state index in [-0.39, 0.29) is 0 Å². The second-order valence-corrected chi connectivity index (χ2v) is 8.70. The van der Waals surface area contributed by atoms with Crippen LogP contribution in [0.3, 0.4) is 0 Å². The summed E-state index contributed by atoms with van der Waals surface area (Å²) in [5.41, 5.74) is 2.19. The Balaban J connectivity index is 1.35. The van der Waals surface area contributed by atoms with Crippen LogP contribution in [0.15, 0.2) is 36.2 Å². The van der Waals surface area contributed by atoms with E-state index in [1.54, 1.807) is 15.9 Å². The molecule has 0 amide bonds. The minimum absolute atomic E-state index is 0.397. The molecule has 0 radical (unpaired) electrons. The number of imidazole rings is 1. The highest BCUT2D eigenvalue weighted by Gasteiger charge is 2.44. The zero-order valence-electron chi connectivity index (χ0n) is 16.2. The van der Waals surface area contributed by atoms with Crippen LogP contribution in [0.4, 0.5) is 5.82 Å². The summed E-state index contributed by atoms with van der Waals surface area (Å²) in [6.07, 6.45) is -0.502. The highest BCUT2D eigenvalue weighted by Crippen LogP contribution is 2.32. The fourth-order valence-corrected chi connectivity index (χ4v) is 4.99. The standard InChI is InChI=1S/C20H20ClN5O4S/c21-11-1-2-14-12(5-11)10(7-31-14)3-4-22-18-15-19(24-8-23-18)26(9-25-15)20-17(29)16(28)13(6-27)30-20/h1-2,5,7-9,13,16-17,20,27-29H,3-4,6H2,(H,22,23,24)/t13-,16?,17?,20-/m1/s1. The van der Waals surface area contributed by atoms with Crippen molar-refractivity contribution in [1.29, 1.82) is 0 Å². The van der Waals surface area contributed by atoms with E-state index < -0.39 is 31.1 Å². The predicted molar refractivity (Wildman–Crippen MR) is 117 cm³/mol. The summed E-state index contributed by atoms with van der Waals surface area (Å²) < 4.78 is 8.33. The topological polar surface area (TPSA) is 126 Å².